The molecule has 0 saturated heterocycles. The van der Waals surface area contributed by atoms with E-state index in [0.717, 1.165) is 14.3 Å². The third kappa shape index (κ3) is 3.26. The zero-order valence-corrected chi connectivity index (χ0v) is 11.8. The Morgan fingerprint density at radius 3 is 2.71 bits per heavy atom. The van der Waals surface area contributed by atoms with Gasteiger partial charge < -0.3 is 0 Å². The number of nitriles is 1. The summed E-state index contributed by atoms with van der Waals surface area (Å²) in [7, 11) is 0. The number of halogens is 2. The fourth-order valence-electron chi connectivity index (χ4n) is 1.33. The van der Waals surface area contributed by atoms with Crippen molar-refractivity contribution in [1.29, 1.82) is 5.26 Å². The van der Waals surface area contributed by atoms with Gasteiger partial charge in [0.1, 0.15) is 6.07 Å². The topological polar surface area (TPSA) is 23.8 Å². The Kier molecular flexibility index (Phi) is 4.11. The van der Waals surface area contributed by atoms with Crippen molar-refractivity contribution in [2.45, 2.75) is 9.79 Å². The summed E-state index contributed by atoms with van der Waals surface area (Å²) in [5.74, 6) is 0. The van der Waals surface area contributed by atoms with Gasteiger partial charge in [0.15, 0.2) is 0 Å². The van der Waals surface area contributed by atoms with Crippen molar-refractivity contribution in [3.63, 3.8) is 0 Å². The number of benzene rings is 2. The van der Waals surface area contributed by atoms with Gasteiger partial charge in [-0.05, 0) is 36.4 Å². The van der Waals surface area contributed by atoms with Crippen LogP contribution in [0.25, 0.3) is 0 Å². The van der Waals surface area contributed by atoms with Crippen LogP contribution in [0.2, 0.25) is 5.02 Å². The first-order valence-electron chi connectivity index (χ1n) is 4.82. The van der Waals surface area contributed by atoms with Crippen LogP contribution < -0.4 is 0 Å². The Hall–Kier alpha value is -0.950. The molecule has 0 aliphatic heterocycles. The molecule has 0 bridgehead atoms. The summed E-state index contributed by atoms with van der Waals surface area (Å²) in [5.41, 5.74) is 0.665. The highest BCUT2D eigenvalue weighted by molar-refractivity contribution is 9.10. The Labute approximate surface area is 118 Å². The minimum Gasteiger partial charge on any atom is -0.192 e. The average molecular weight is 325 g/mol. The standard InChI is InChI=1S/C13H7BrClNS/c14-10-5-4-9(8-16)13(6-10)17-12-3-1-2-11(15)7-12/h1-7H. The minimum atomic E-state index is 0.665. The van der Waals surface area contributed by atoms with E-state index in [9.17, 15) is 0 Å². The normalized spacial score (nSPS) is 9.94. The van der Waals surface area contributed by atoms with Gasteiger partial charge in [-0.25, -0.2) is 0 Å². The molecule has 4 heteroatoms. The summed E-state index contributed by atoms with van der Waals surface area (Å²) in [6, 6.07) is 15.4. The molecule has 0 N–H and O–H groups in total. The van der Waals surface area contributed by atoms with E-state index in [0.29, 0.717) is 10.6 Å². The van der Waals surface area contributed by atoms with Crippen molar-refractivity contribution in [3.8, 4) is 6.07 Å². The van der Waals surface area contributed by atoms with E-state index in [1.807, 2.05) is 36.4 Å². The summed E-state index contributed by atoms with van der Waals surface area (Å²) < 4.78 is 0.959. The molecule has 2 aromatic carbocycles. The summed E-state index contributed by atoms with van der Waals surface area (Å²) in [6.07, 6.45) is 0. The van der Waals surface area contributed by atoms with Crippen LogP contribution in [0.3, 0.4) is 0 Å². The first-order valence-corrected chi connectivity index (χ1v) is 6.81. The predicted molar refractivity (Wildman–Crippen MR) is 74.4 cm³/mol. The second-order valence-electron chi connectivity index (χ2n) is 3.31. The predicted octanol–water partition coefficient (Wildman–Crippen LogP) is 5.13. The third-order valence-corrected chi connectivity index (χ3v) is 3.86. The zero-order chi connectivity index (χ0) is 12.3. The number of nitrogens with zero attached hydrogens (tertiary/aromatic N) is 1. The lowest BCUT2D eigenvalue weighted by atomic mass is 10.2. The molecule has 0 radical (unpaired) electrons. The van der Waals surface area contributed by atoms with Crippen LogP contribution in [0, 0.1) is 11.3 Å². The zero-order valence-electron chi connectivity index (χ0n) is 8.65. The van der Waals surface area contributed by atoms with Gasteiger partial charge in [-0.15, -0.1) is 0 Å². The second kappa shape index (κ2) is 5.59. The molecule has 0 amide bonds. The highest BCUT2D eigenvalue weighted by Gasteiger charge is 2.05. The van der Waals surface area contributed by atoms with Crippen molar-refractivity contribution < 1.29 is 0 Å². The Bertz CT molecular complexity index is 592. The summed E-state index contributed by atoms with van der Waals surface area (Å²) >= 11 is 10.9. The smallest absolute Gasteiger partial charge is 0.100 e. The van der Waals surface area contributed by atoms with Gasteiger partial charge in [-0.1, -0.05) is 45.4 Å². The molecular formula is C13H7BrClNS. The second-order valence-corrected chi connectivity index (χ2v) is 5.78. The van der Waals surface area contributed by atoms with E-state index < -0.39 is 0 Å². The van der Waals surface area contributed by atoms with Gasteiger partial charge in [0.25, 0.3) is 0 Å². The van der Waals surface area contributed by atoms with Gasteiger partial charge in [0, 0.05) is 19.3 Å². The molecular weight excluding hydrogens is 318 g/mol. The highest BCUT2D eigenvalue weighted by atomic mass is 79.9. The van der Waals surface area contributed by atoms with E-state index in [4.69, 9.17) is 16.9 Å². The molecule has 0 spiro atoms. The van der Waals surface area contributed by atoms with E-state index >= 15 is 0 Å². The lowest BCUT2D eigenvalue weighted by Gasteiger charge is -2.04. The Balaban J connectivity index is 2.36. The van der Waals surface area contributed by atoms with Crippen LogP contribution in [0.4, 0.5) is 0 Å². The maximum atomic E-state index is 9.04. The van der Waals surface area contributed by atoms with Gasteiger partial charge >= 0.3 is 0 Å². The molecule has 2 aromatic rings. The van der Waals surface area contributed by atoms with E-state index in [-0.39, 0.29) is 0 Å². The van der Waals surface area contributed by atoms with Crippen LogP contribution in [-0.4, -0.2) is 0 Å². The first-order chi connectivity index (χ1) is 8.19. The molecule has 0 aliphatic carbocycles. The maximum absolute atomic E-state index is 9.04. The quantitative estimate of drug-likeness (QED) is 0.765. The van der Waals surface area contributed by atoms with Gasteiger partial charge in [0.2, 0.25) is 0 Å². The Morgan fingerprint density at radius 2 is 2.00 bits per heavy atom. The lowest BCUT2D eigenvalue weighted by molar-refractivity contribution is 1.34. The third-order valence-electron chi connectivity index (χ3n) is 2.09. The highest BCUT2D eigenvalue weighted by Crippen LogP contribution is 2.33. The van der Waals surface area contributed by atoms with E-state index in [1.165, 1.54) is 11.8 Å². The van der Waals surface area contributed by atoms with Crippen LogP contribution in [0.5, 0.6) is 0 Å². The van der Waals surface area contributed by atoms with Crippen molar-refractivity contribution in [3.05, 3.63) is 57.5 Å². The number of rotatable bonds is 2. The van der Waals surface area contributed by atoms with Crippen molar-refractivity contribution in [2.24, 2.45) is 0 Å². The molecule has 0 unspecified atom stereocenters. The summed E-state index contributed by atoms with van der Waals surface area (Å²) in [4.78, 5) is 1.94. The fourth-order valence-corrected chi connectivity index (χ4v) is 3.09. The van der Waals surface area contributed by atoms with Crippen molar-refractivity contribution in [1.82, 2.24) is 0 Å². The van der Waals surface area contributed by atoms with Crippen LogP contribution >= 0.6 is 39.3 Å². The van der Waals surface area contributed by atoms with Gasteiger partial charge in [-0.2, -0.15) is 5.26 Å². The molecule has 0 aliphatic rings. The average Bonchev–Trinajstić information content (AvgIpc) is 2.29. The molecule has 0 saturated carbocycles. The molecule has 0 aromatic heterocycles. The molecule has 17 heavy (non-hydrogen) atoms. The van der Waals surface area contributed by atoms with Crippen LogP contribution in [-0.2, 0) is 0 Å². The van der Waals surface area contributed by atoms with Crippen LogP contribution in [0.15, 0.2) is 56.7 Å². The van der Waals surface area contributed by atoms with Crippen LogP contribution in [0.1, 0.15) is 5.56 Å². The van der Waals surface area contributed by atoms with E-state index in [2.05, 4.69) is 22.0 Å². The maximum Gasteiger partial charge on any atom is 0.100 e. The van der Waals surface area contributed by atoms with Crippen molar-refractivity contribution >= 4 is 39.3 Å². The summed E-state index contributed by atoms with van der Waals surface area (Å²) in [6.45, 7) is 0. The molecule has 0 fully saturated rings. The number of hydrogen-bond acceptors (Lipinski definition) is 2. The van der Waals surface area contributed by atoms with Gasteiger partial charge in [0.05, 0.1) is 5.56 Å². The Morgan fingerprint density at radius 1 is 1.18 bits per heavy atom. The summed E-state index contributed by atoms with van der Waals surface area (Å²) in [5, 5.41) is 9.73. The lowest BCUT2D eigenvalue weighted by Crippen LogP contribution is -1.81. The largest absolute Gasteiger partial charge is 0.192 e. The molecule has 1 nitrogen and oxygen atoms in total. The van der Waals surface area contributed by atoms with Gasteiger partial charge in [-0.3, -0.25) is 0 Å². The minimum absolute atomic E-state index is 0.665. The SMILES string of the molecule is N#Cc1ccc(Br)cc1Sc1cccc(Cl)c1. The van der Waals surface area contributed by atoms with E-state index in [1.54, 1.807) is 6.07 Å². The fraction of sp³-hybridized carbons (Fsp3) is 0. The molecule has 0 atom stereocenters. The molecule has 84 valence electrons. The number of hydrogen-bond donors (Lipinski definition) is 0. The monoisotopic (exact) mass is 323 g/mol. The molecule has 0 heterocycles. The van der Waals surface area contributed by atoms with Crippen molar-refractivity contribution in [2.75, 3.05) is 0 Å². The molecule has 2 rings (SSSR count). The first kappa shape index (κ1) is 12.5.